The molecule has 1 atom stereocenters. The maximum Gasteiger partial charge on any atom is 0.161 e. The fourth-order valence-electron chi connectivity index (χ4n) is 4.51. The van der Waals surface area contributed by atoms with E-state index in [2.05, 4.69) is 72.0 Å². The highest BCUT2D eigenvalue weighted by atomic mass is 16.5. The molecular formula is C25H30N2O2. The summed E-state index contributed by atoms with van der Waals surface area (Å²) in [6, 6.07) is 17.8. The van der Waals surface area contributed by atoms with E-state index in [-0.39, 0.29) is 6.04 Å². The predicted octanol–water partition coefficient (Wildman–Crippen LogP) is 5.12. The summed E-state index contributed by atoms with van der Waals surface area (Å²) < 4.78 is 13.4. The zero-order chi connectivity index (χ0) is 20.4. The van der Waals surface area contributed by atoms with Crippen molar-refractivity contribution in [1.82, 2.24) is 9.47 Å². The molecule has 1 aliphatic heterocycles. The van der Waals surface area contributed by atoms with E-state index in [1.807, 2.05) is 6.07 Å². The van der Waals surface area contributed by atoms with Gasteiger partial charge in [-0.2, -0.15) is 0 Å². The number of methoxy groups -OCH3 is 2. The minimum absolute atomic E-state index is 0.237. The number of aryl methyl sites for hydroxylation is 3. The number of ether oxygens (including phenoxy) is 2. The predicted molar refractivity (Wildman–Crippen MR) is 117 cm³/mol. The van der Waals surface area contributed by atoms with Gasteiger partial charge in [-0.05, 0) is 61.2 Å². The third-order valence-electron chi connectivity index (χ3n) is 5.91. The largest absolute Gasteiger partial charge is 0.493 e. The average Bonchev–Trinajstić information content (AvgIpc) is 3.11. The molecule has 1 aromatic heterocycles. The number of aromatic nitrogens is 1. The number of rotatable bonds is 5. The van der Waals surface area contributed by atoms with E-state index in [9.17, 15) is 0 Å². The van der Waals surface area contributed by atoms with E-state index in [1.165, 1.54) is 27.9 Å². The van der Waals surface area contributed by atoms with Gasteiger partial charge in [-0.3, -0.25) is 4.90 Å². The summed E-state index contributed by atoms with van der Waals surface area (Å²) in [6.07, 6.45) is 3.35. The van der Waals surface area contributed by atoms with Gasteiger partial charge in [0.15, 0.2) is 11.5 Å². The van der Waals surface area contributed by atoms with Crippen LogP contribution >= 0.6 is 0 Å². The van der Waals surface area contributed by atoms with Crippen LogP contribution in [0, 0.1) is 13.8 Å². The summed E-state index contributed by atoms with van der Waals surface area (Å²) in [7, 11) is 3.37. The van der Waals surface area contributed by atoms with Crippen molar-refractivity contribution in [3.63, 3.8) is 0 Å². The van der Waals surface area contributed by atoms with Crippen LogP contribution in [0.1, 0.15) is 40.4 Å². The van der Waals surface area contributed by atoms with Crippen LogP contribution < -0.4 is 9.47 Å². The van der Waals surface area contributed by atoms with Crippen molar-refractivity contribution in [2.24, 2.45) is 0 Å². The second-order valence-corrected chi connectivity index (χ2v) is 7.90. The molecule has 3 aromatic rings. The molecule has 152 valence electrons. The monoisotopic (exact) mass is 390 g/mol. The molecule has 0 fully saturated rings. The number of hydrogen-bond acceptors (Lipinski definition) is 3. The van der Waals surface area contributed by atoms with E-state index in [1.54, 1.807) is 14.2 Å². The van der Waals surface area contributed by atoms with Gasteiger partial charge in [-0.1, -0.05) is 29.8 Å². The molecule has 4 rings (SSSR count). The molecule has 0 amide bonds. The van der Waals surface area contributed by atoms with Crippen molar-refractivity contribution in [3.8, 4) is 11.5 Å². The van der Waals surface area contributed by atoms with Gasteiger partial charge in [0.25, 0.3) is 0 Å². The molecule has 4 heteroatoms. The molecule has 0 saturated heterocycles. The topological polar surface area (TPSA) is 26.6 Å². The number of benzene rings is 2. The van der Waals surface area contributed by atoms with Gasteiger partial charge in [-0.25, -0.2) is 0 Å². The van der Waals surface area contributed by atoms with Gasteiger partial charge in [-0.15, -0.1) is 0 Å². The summed E-state index contributed by atoms with van der Waals surface area (Å²) in [5.41, 5.74) is 6.65. The Morgan fingerprint density at radius 2 is 1.76 bits per heavy atom. The Morgan fingerprint density at radius 1 is 0.931 bits per heavy atom. The first-order valence-electron chi connectivity index (χ1n) is 10.3. The lowest BCUT2D eigenvalue weighted by molar-refractivity contribution is 0.219. The average molecular weight is 391 g/mol. The standard InChI is InChI=1S/C25H30N2O2/c1-18-8-10-21(19(2)15-18)25-22-7-5-12-26(22)13-6-14-27(25)17-20-9-11-23(28-3)24(16-20)29-4/h5,7-12,15-16,25H,6,13-14,17H2,1-4H3. The van der Waals surface area contributed by atoms with Gasteiger partial charge in [0.1, 0.15) is 0 Å². The van der Waals surface area contributed by atoms with E-state index in [0.717, 1.165) is 37.6 Å². The fourth-order valence-corrected chi connectivity index (χ4v) is 4.51. The summed E-state index contributed by atoms with van der Waals surface area (Å²) >= 11 is 0. The summed E-state index contributed by atoms with van der Waals surface area (Å²) in [5.74, 6) is 1.55. The van der Waals surface area contributed by atoms with Crippen molar-refractivity contribution in [3.05, 3.63) is 82.7 Å². The molecule has 29 heavy (non-hydrogen) atoms. The van der Waals surface area contributed by atoms with Gasteiger partial charge in [0, 0.05) is 31.5 Å². The van der Waals surface area contributed by atoms with Crippen molar-refractivity contribution < 1.29 is 9.47 Å². The summed E-state index contributed by atoms with van der Waals surface area (Å²) in [6.45, 7) is 7.37. The highest BCUT2D eigenvalue weighted by Gasteiger charge is 2.28. The fraction of sp³-hybridized carbons (Fsp3) is 0.360. The lowest BCUT2D eigenvalue weighted by Gasteiger charge is -2.32. The van der Waals surface area contributed by atoms with Crippen molar-refractivity contribution in [2.45, 2.75) is 39.4 Å². The number of fused-ring (bicyclic) bond motifs is 1. The smallest absolute Gasteiger partial charge is 0.161 e. The molecule has 0 aliphatic carbocycles. The van der Waals surface area contributed by atoms with Crippen molar-refractivity contribution in [1.29, 1.82) is 0 Å². The zero-order valence-electron chi connectivity index (χ0n) is 17.8. The summed E-state index contributed by atoms with van der Waals surface area (Å²) in [5, 5.41) is 0. The van der Waals surface area contributed by atoms with E-state index in [0.29, 0.717) is 0 Å². The van der Waals surface area contributed by atoms with E-state index >= 15 is 0 Å². The molecule has 0 radical (unpaired) electrons. The molecule has 1 aliphatic rings. The lowest BCUT2D eigenvalue weighted by atomic mass is 9.95. The number of nitrogens with zero attached hydrogens (tertiary/aromatic N) is 2. The molecule has 2 aromatic carbocycles. The second-order valence-electron chi connectivity index (χ2n) is 7.90. The zero-order valence-corrected chi connectivity index (χ0v) is 17.8. The van der Waals surface area contributed by atoms with Crippen LogP contribution in [0.5, 0.6) is 11.5 Å². The second kappa shape index (κ2) is 8.34. The molecule has 0 saturated carbocycles. The van der Waals surface area contributed by atoms with E-state index in [4.69, 9.17) is 9.47 Å². The van der Waals surface area contributed by atoms with E-state index < -0.39 is 0 Å². The highest BCUT2D eigenvalue weighted by Crippen LogP contribution is 2.36. The third-order valence-corrected chi connectivity index (χ3v) is 5.91. The van der Waals surface area contributed by atoms with Crippen molar-refractivity contribution in [2.75, 3.05) is 20.8 Å². The van der Waals surface area contributed by atoms with Crippen LogP contribution in [-0.4, -0.2) is 30.2 Å². The first kappa shape index (κ1) is 19.6. The minimum Gasteiger partial charge on any atom is -0.493 e. The maximum absolute atomic E-state index is 5.53. The number of hydrogen-bond donors (Lipinski definition) is 0. The first-order valence-corrected chi connectivity index (χ1v) is 10.3. The first-order chi connectivity index (χ1) is 14.1. The third kappa shape index (κ3) is 3.90. The SMILES string of the molecule is COc1ccc(CN2CCCn3cccc3C2c2ccc(C)cc2C)cc1OC. The Balaban J connectivity index is 1.74. The highest BCUT2D eigenvalue weighted by molar-refractivity contribution is 5.43. The molecule has 4 nitrogen and oxygen atoms in total. The van der Waals surface area contributed by atoms with Crippen LogP contribution in [0.3, 0.4) is 0 Å². The maximum atomic E-state index is 5.53. The van der Waals surface area contributed by atoms with Crippen LogP contribution in [0.25, 0.3) is 0 Å². The lowest BCUT2D eigenvalue weighted by Crippen LogP contribution is -2.30. The molecular weight excluding hydrogens is 360 g/mol. The molecule has 0 bridgehead atoms. The Hall–Kier alpha value is -2.72. The molecule has 2 heterocycles. The Bertz CT molecular complexity index is 992. The normalized spacial score (nSPS) is 16.9. The van der Waals surface area contributed by atoms with Crippen LogP contribution in [0.15, 0.2) is 54.7 Å². The molecule has 0 spiro atoms. The molecule has 0 N–H and O–H groups in total. The van der Waals surface area contributed by atoms with Gasteiger partial charge < -0.3 is 14.0 Å². The molecule has 1 unspecified atom stereocenters. The van der Waals surface area contributed by atoms with Crippen LogP contribution in [0.4, 0.5) is 0 Å². The van der Waals surface area contributed by atoms with Crippen molar-refractivity contribution >= 4 is 0 Å². The van der Waals surface area contributed by atoms with Gasteiger partial charge >= 0.3 is 0 Å². The summed E-state index contributed by atoms with van der Waals surface area (Å²) in [4.78, 5) is 2.59. The van der Waals surface area contributed by atoms with Gasteiger partial charge in [0.05, 0.1) is 20.3 Å². The minimum atomic E-state index is 0.237. The Labute approximate surface area is 173 Å². The quantitative estimate of drug-likeness (QED) is 0.605. The van der Waals surface area contributed by atoms with Gasteiger partial charge in [0.2, 0.25) is 0 Å². The Kier molecular flexibility index (Phi) is 5.63. The van der Waals surface area contributed by atoms with Crippen LogP contribution in [0.2, 0.25) is 0 Å². The Morgan fingerprint density at radius 3 is 2.52 bits per heavy atom. The van der Waals surface area contributed by atoms with Crippen LogP contribution in [-0.2, 0) is 13.1 Å².